The molecule has 0 radical (unpaired) electrons. The minimum atomic E-state index is -4.59. The first kappa shape index (κ1) is 12.3. The minimum absolute atomic E-state index is 0.0156. The average molecular weight is 235 g/mol. The van der Waals surface area contributed by atoms with Crippen molar-refractivity contribution < 1.29 is 22.8 Å². The number of halogens is 3. The molecule has 0 unspecified atom stereocenters. The summed E-state index contributed by atoms with van der Waals surface area (Å²) in [5.41, 5.74) is -1.02. The normalized spacial score (nSPS) is 11.2. The van der Waals surface area contributed by atoms with Crippen LogP contribution in [0.3, 0.4) is 0 Å². The summed E-state index contributed by atoms with van der Waals surface area (Å²) in [5, 5.41) is 10.2. The van der Waals surface area contributed by atoms with Gasteiger partial charge in [0.15, 0.2) is 0 Å². The number of nitrogens with zero attached hydrogens (tertiary/aromatic N) is 1. The Morgan fingerprint density at radius 1 is 1.44 bits per heavy atom. The molecule has 0 atom stereocenters. The van der Waals surface area contributed by atoms with Crippen LogP contribution < -0.4 is 4.74 Å². The molecule has 0 aliphatic rings. The van der Waals surface area contributed by atoms with Gasteiger partial charge in [-0.2, -0.15) is 13.2 Å². The highest BCUT2D eigenvalue weighted by Crippen LogP contribution is 2.36. The summed E-state index contributed by atoms with van der Waals surface area (Å²) in [4.78, 5) is 9.48. The molecule has 0 bridgehead atoms. The van der Waals surface area contributed by atoms with Crippen LogP contribution in [0.15, 0.2) is 18.2 Å². The molecule has 0 saturated carbocycles. The Morgan fingerprint density at radius 2 is 2.06 bits per heavy atom. The van der Waals surface area contributed by atoms with E-state index in [0.717, 1.165) is 19.2 Å². The summed E-state index contributed by atoms with van der Waals surface area (Å²) in [7, 11) is 1.11. The van der Waals surface area contributed by atoms with Crippen LogP contribution in [0.1, 0.15) is 11.1 Å². The quantitative estimate of drug-likeness (QED) is 0.597. The summed E-state index contributed by atoms with van der Waals surface area (Å²) < 4.78 is 42.1. The first-order valence-electron chi connectivity index (χ1n) is 4.20. The number of methoxy groups -OCH3 is 1. The van der Waals surface area contributed by atoms with Gasteiger partial charge < -0.3 is 4.74 Å². The lowest BCUT2D eigenvalue weighted by molar-refractivity contribution is -0.496. The maximum Gasteiger partial charge on any atom is 0.419 e. The van der Waals surface area contributed by atoms with Crippen molar-refractivity contribution in [2.24, 2.45) is 0 Å². The van der Waals surface area contributed by atoms with Gasteiger partial charge in [-0.15, -0.1) is 0 Å². The van der Waals surface area contributed by atoms with Crippen LogP contribution in [0.5, 0.6) is 5.75 Å². The number of alkyl halides is 3. The molecular weight excluding hydrogens is 227 g/mol. The Morgan fingerprint density at radius 3 is 2.50 bits per heavy atom. The van der Waals surface area contributed by atoms with Crippen LogP contribution in [0, 0.1) is 10.1 Å². The molecule has 0 aromatic heterocycles. The van der Waals surface area contributed by atoms with Crippen molar-refractivity contribution in [1.29, 1.82) is 0 Å². The number of ether oxygens (including phenoxy) is 1. The monoisotopic (exact) mass is 235 g/mol. The smallest absolute Gasteiger partial charge is 0.419 e. The molecule has 16 heavy (non-hydrogen) atoms. The zero-order valence-corrected chi connectivity index (χ0v) is 8.25. The van der Waals surface area contributed by atoms with Gasteiger partial charge in [0.05, 0.1) is 12.7 Å². The second kappa shape index (κ2) is 4.38. The Kier molecular flexibility index (Phi) is 3.36. The Balaban J connectivity index is 3.16. The molecule has 0 N–H and O–H groups in total. The van der Waals surface area contributed by atoms with Crippen molar-refractivity contribution in [3.8, 4) is 5.75 Å². The zero-order valence-electron chi connectivity index (χ0n) is 8.25. The van der Waals surface area contributed by atoms with Gasteiger partial charge in [-0.1, -0.05) is 0 Å². The van der Waals surface area contributed by atoms with E-state index >= 15 is 0 Å². The highest BCUT2D eigenvalue weighted by Gasteiger charge is 2.34. The van der Waals surface area contributed by atoms with E-state index < -0.39 is 23.2 Å². The first-order chi connectivity index (χ1) is 7.34. The molecular formula is C9H8F3NO3. The summed E-state index contributed by atoms with van der Waals surface area (Å²) in [5.74, 6) is -0.348. The highest BCUT2D eigenvalue weighted by atomic mass is 19.4. The van der Waals surface area contributed by atoms with Gasteiger partial charge >= 0.3 is 6.18 Å². The van der Waals surface area contributed by atoms with Gasteiger partial charge in [0.25, 0.3) is 0 Å². The Labute approximate surface area is 88.8 Å². The standard InChI is InChI=1S/C9H8F3NO3/c1-16-8-3-2-6(5-13(14)15)4-7(8)9(10,11)12/h2-4H,5H2,1H3. The van der Waals surface area contributed by atoms with Gasteiger partial charge in [0.1, 0.15) is 5.75 Å². The predicted octanol–water partition coefficient (Wildman–Crippen LogP) is 2.49. The third-order valence-corrected chi connectivity index (χ3v) is 1.88. The largest absolute Gasteiger partial charge is 0.496 e. The van der Waals surface area contributed by atoms with Crippen molar-refractivity contribution in [2.75, 3.05) is 7.11 Å². The SMILES string of the molecule is COc1ccc(C[N+](=O)[O-])cc1C(F)(F)F. The van der Waals surface area contributed by atoms with E-state index in [1.54, 1.807) is 0 Å². The van der Waals surface area contributed by atoms with E-state index in [4.69, 9.17) is 0 Å². The van der Waals surface area contributed by atoms with Crippen LogP contribution >= 0.6 is 0 Å². The number of hydrogen-bond acceptors (Lipinski definition) is 3. The van der Waals surface area contributed by atoms with E-state index in [2.05, 4.69) is 4.74 Å². The van der Waals surface area contributed by atoms with Gasteiger partial charge in [-0.05, 0) is 18.2 Å². The molecule has 0 heterocycles. The van der Waals surface area contributed by atoms with Crippen molar-refractivity contribution >= 4 is 0 Å². The fraction of sp³-hybridized carbons (Fsp3) is 0.333. The molecule has 0 aliphatic carbocycles. The number of rotatable bonds is 3. The molecule has 0 spiro atoms. The highest BCUT2D eigenvalue weighted by molar-refractivity contribution is 5.39. The van der Waals surface area contributed by atoms with E-state index in [9.17, 15) is 23.3 Å². The topological polar surface area (TPSA) is 52.4 Å². The maximum atomic E-state index is 12.5. The van der Waals surface area contributed by atoms with Crippen LogP contribution in [0.4, 0.5) is 13.2 Å². The van der Waals surface area contributed by atoms with Crippen molar-refractivity contribution in [2.45, 2.75) is 12.7 Å². The van der Waals surface area contributed by atoms with Gasteiger partial charge in [0, 0.05) is 10.5 Å². The first-order valence-corrected chi connectivity index (χ1v) is 4.20. The molecule has 88 valence electrons. The summed E-state index contributed by atoms with van der Waals surface area (Å²) in [6.07, 6.45) is -4.59. The minimum Gasteiger partial charge on any atom is -0.496 e. The van der Waals surface area contributed by atoms with Crippen molar-refractivity contribution in [3.63, 3.8) is 0 Å². The summed E-state index contributed by atoms with van der Waals surface area (Å²) >= 11 is 0. The van der Waals surface area contributed by atoms with Crippen LogP contribution in [-0.4, -0.2) is 12.0 Å². The van der Waals surface area contributed by atoms with Gasteiger partial charge in [-0.3, -0.25) is 10.1 Å². The predicted molar refractivity (Wildman–Crippen MR) is 48.7 cm³/mol. The molecule has 1 aromatic carbocycles. The van der Waals surface area contributed by atoms with Crippen LogP contribution in [-0.2, 0) is 12.7 Å². The molecule has 1 aromatic rings. The Hall–Kier alpha value is -1.79. The number of benzene rings is 1. The van der Waals surface area contributed by atoms with Crippen LogP contribution in [0.25, 0.3) is 0 Å². The fourth-order valence-electron chi connectivity index (χ4n) is 1.22. The van der Waals surface area contributed by atoms with E-state index in [1.165, 1.54) is 6.07 Å². The lowest BCUT2D eigenvalue weighted by Crippen LogP contribution is -2.09. The van der Waals surface area contributed by atoms with Gasteiger partial charge in [0.2, 0.25) is 6.54 Å². The number of nitro groups is 1. The Bertz CT molecular complexity index is 403. The molecule has 1 rings (SSSR count). The summed E-state index contributed by atoms with van der Waals surface area (Å²) in [6, 6.07) is 3.03. The molecule has 0 aliphatic heterocycles. The molecule has 0 saturated heterocycles. The van der Waals surface area contributed by atoms with E-state index in [0.29, 0.717) is 0 Å². The second-order valence-electron chi connectivity index (χ2n) is 3.02. The molecule has 4 nitrogen and oxygen atoms in total. The fourth-order valence-corrected chi connectivity index (χ4v) is 1.22. The average Bonchev–Trinajstić information content (AvgIpc) is 2.15. The molecule has 7 heteroatoms. The lowest BCUT2D eigenvalue weighted by atomic mass is 10.1. The maximum absolute atomic E-state index is 12.5. The third kappa shape index (κ3) is 2.85. The molecule has 0 amide bonds. The zero-order chi connectivity index (χ0) is 12.3. The van der Waals surface area contributed by atoms with Crippen molar-refractivity contribution in [3.05, 3.63) is 39.4 Å². The van der Waals surface area contributed by atoms with E-state index in [1.807, 2.05) is 0 Å². The van der Waals surface area contributed by atoms with Crippen LogP contribution in [0.2, 0.25) is 0 Å². The molecule has 0 fully saturated rings. The van der Waals surface area contributed by atoms with Gasteiger partial charge in [-0.25, -0.2) is 0 Å². The van der Waals surface area contributed by atoms with Crippen molar-refractivity contribution in [1.82, 2.24) is 0 Å². The third-order valence-electron chi connectivity index (χ3n) is 1.88. The summed E-state index contributed by atoms with van der Waals surface area (Å²) in [6.45, 7) is -0.646. The van der Waals surface area contributed by atoms with E-state index in [-0.39, 0.29) is 11.3 Å². The lowest BCUT2D eigenvalue weighted by Gasteiger charge is -2.12. The number of hydrogen-bond donors (Lipinski definition) is 0. The second-order valence-corrected chi connectivity index (χ2v) is 3.02.